The molecule has 3 rings (SSSR count). The molecule has 5 heteroatoms. The van der Waals surface area contributed by atoms with Gasteiger partial charge in [-0.15, -0.1) is 0 Å². The number of halogens is 1. The largest absolute Gasteiger partial charge is 0.483 e. The zero-order valence-corrected chi connectivity index (χ0v) is 15.2. The number of carbonyl (C=O) groups is 2. The van der Waals surface area contributed by atoms with Gasteiger partial charge in [-0.25, -0.2) is 0 Å². The van der Waals surface area contributed by atoms with E-state index in [1.165, 1.54) is 0 Å². The maximum atomic E-state index is 12.3. The molecule has 2 aromatic rings. The van der Waals surface area contributed by atoms with Gasteiger partial charge in [0.15, 0.2) is 12.4 Å². The molecule has 0 radical (unpaired) electrons. The predicted octanol–water partition coefficient (Wildman–Crippen LogP) is 4.66. The number of hydrogen-bond donors (Lipinski definition) is 1. The van der Waals surface area contributed by atoms with Gasteiger partial charge < -0.3 is 10.1 Å². The number of Topliss-reactive ketones (excluding diaryl/α,β-unsaturated/α-hetero) is 1. The summed E-state index contributed by atoms with van der Waals surface area (Å²) in [5.41, 5.74) is 4.31. The highest BCUT2D eigenvalue weighted by Crippen LogP contribution is 2.40. The number of benzene rings is 2. The Morgan fingerprint density at radius 1 is 1.24 bits per heavy atom. The highest BCUT2D eigenvalue weighted by Gasteiger charge is 2.31. The number of ketones is 1. The summed E-state index contributed by atoms with van der Waals surface area (Å²) < 4.78 is 5.66. The maximum absolute atomic E-state index is 12.3. The second-order valence-corrected chi connectivity index (χ2v) is 6.93. The molecule has 0 fully saturated rings. The van der Waals surface area contributed by atoms with Crippen molar-refractivity contribution in [1.29, 1.82) is 0 Å². The number of ether oxygens (including phenoxy) is 1. The molecule has 0 aliphatic heterocycles. The summed E-state index contributed by atoms with van der Waals surface area (Å²) in [6.45, 7) is 5.75. The molecule has 0 aromatic heterocycles. The van der Waals surface area contributed by atoms with Gasteiger partial charge in [-0.05, 0) is 54.7 Å². The molecule has 1 amide bonds. The van der Waals surface area contributed by atoms with Crippen LogP contribution in [0.1, 0.15) is 46.3 Å². The molecule has 0 saturated carbocycles. The van der Waals surface area contributed by atoms with Gasteiger partial charge in [-0.3, -0.25) is 9.59 Å². The summed E-state index contributed by atoms with van der Waals surface area (Å²) in [4.78, 5) is 24.5. The van der Waals surface area contributed by atoms with Crippen LogP contribution in [0.15, 0.2) is 30.3 Å². The second-order valence-electron chi connectivity index (χ2n) is 6.49. The topological polar surface area (TPSA) is 55.4 Å². The summed E-state index contributed by atoms with van der Waals surface area (Å²) in [5, 5.41) is 3.34. The molecule has 1 aliphatic carbocycles. The van der Waals surface area contributed by atoms with Crippen LogP contribution in [0.3, 0.4) is 0 Å². The van der Waals surface area contributed by atoms with Crippen molar-refractivity contribution in [2.45, 2.75) is 33.1 Å². The van der Waals surface area contributed by atoms with Crippen LogP contribution >= 0.6 is 11.6 Å². The van der Waals surface area contributed by atoms with E-state index in [0.717, 1.165) is 16.7 Å². The van der Waals surface area contributed by atoms with Crippen LogP contribution in [-0.2, 0) is 4.79 Å². The molecule has 0 heterocycles. The number of amides is 1. The van der Waals surface area contributed by atoms with Crippen LogP contribution in [0.25, 0.3) is 0 Å². The summed E-state index contributed by atoms with van der Waals surface area (Å²) in [7, 11) is 0. The quantitative estimate of drug-likeness (QED) is 0.865. The van der Waals surface area contributed by atoms with Crippen molar-refractivity contribution in [3.05, 3.63) is 57.6 Å². The number of hydrogen-bond acceptors (Lipinski definition) is 3. The second kappa shape index (κ2) is 6.89. The Labute approximate surface area is 152 Å². The molecule has 0 bridgehead atoms. The van der Waals surface area contributed by atoms with Crippen molar-refractivity contribution >= 4 is 29.0 Å². The first-order chi connectivity index (χ1) is 11.9. The number of fused-ring (bicyclic) bond motifs is 1. The first kappa shape index (κ1) is 17.5. The molecule has 0 saturated heterocycles. The van der Waals surface area contributed by atoms with Crippen LogP contribution < -0.4 is 10.1 Å². The Morgan fingerprint density at radius 2 is 1.96 bits per heavy atom. The van der Waals surface area contributed by atoms with E-state index in [0.29, 0.717) is 28.4 Å². The number of anilines is 1. The average molecular weight is 358 g/mol. The number of carbonyl (C=O) groups excluding carboxylic acids is 2. The van der Waals surface area contributed by atoms with Crippen molar-refractivity contribution in [3.63, 3.8) is 0 Å². The van der Waals surface area contributed by atoms with Crippen LogP contribution in [-0.4, -0.2) is 18.3 Å². The predicted molar refractivity (Wildman–Crippen MR) is 98.9 cm³/mol. The molecular formula is C20H20ClNO3. The van der Waals surface area contributed by atoms with Crippen LogP contribution in [0.2, 0.25) is 5.02 Å². The van der Waals surface area contributed by atoms with Crippen molar-refractivity contribution < 1.29 is 14.3 Å². The minimum absolute atomic E-state index is 0.0762. The van der Waals surface area contributed by atoms with Crippen molar-refractivity contribution in [2.75, 3.05) is 11.9 Å². The Bertz CT molecular complexity index is 860. The fourth-order valence-electron chi connectivity index (χ4n) is 3.29. The minimum atomic E-state index is -0.293. The smallest absolute Gasteiger partial charge is 0.262 e. The average Bonchev–Trinajstić information content (AvgIpc) is 2.86. The van der Waals surface area contributed by atoms with E-state index >= 15 is 0 Å². The normalized spacial score (nSPS) is 15.8. The van der Waals surface area contributed by atoms with Gasteiger partial charge in [0.25, 0.3) is 5.91 Å². The summed E-state index contributed by atoms with van der Waals surface area (Å²) in [5.74, 6) is 0.451. The van der Waals surface area contributed by atoms with Gasteiger partial charge >= 0.3 is 0 Å². The van der Waals surface area contributed by atoms with Gasteiger partial charge in [0.1, 0.15) is 5.75 Å². The standard InChI is InChI=1S/C20H20ClNO3/c1-11-4-6-14(21)9-15(11)22-18(24)10-25-17-7-5-12(2)19-13(3)8-16(23)20(17)19/h4-7,9,13H,8,10H2,1-3H3,(H,22,24)/t13-/m1/s1. The fourth-order valence-corrected chi connectivity index (χ4v) is 3.46. The lowest BCUT2D eigenvalue weighted by molar-refractivity contribution is -0.118. The minimum Gasteiger partial charge on any atom is -0.483 e. The van der Waals surface area contributed by atoms with E-state index < -0.39 is 0 Å². The van der Waals surface area contributed by atoms with E-state index in [9.17, 15) is 9.59 Å². The summed E-state index contributed by atoms with van der Waals surface area (Å²) in [6, 6.07) is 9.00. The molecular weight excluding hydrogens is 338 g/mol. The van der Waals surface area contributed by atoms with Gasteiger partial charge in [-0.1, -0.05) is 30.7 Å². The Balaban J connectivity index is 1.73. The van der Waals surface area contributed by atoms with Gasteiger partial charge in [-0.2, -0.15) is 0 Å². The lowest BCUT2D eigenvalue weighted by atomic mass is 9.97. The Kier molecular flexibility index (Phi) is 4.82. The van der Waals surface area contributed by atoms with E-state index in [4.69, 9.17) is 16.3 Å². The molecule has 25 heavy (non-hydrogen) atoms. The first-order valence-electron chi connectivity index (χ1n) is 8.22. The third-order valence-corrected chi connectivity index (χ3v) is 4.76. The monoisotopic (exact) mass is 357 g/mol. The molecule has 130 valence electrons. The van der Waals surface area contributed by atoms with Crippen LogP contribution in [0.5, 0.6) is 5.75 Å². The number of rotatable bonds is 4. The molecule has 0 unspecified atom stereocenters. The molecule has 2 aromatic carbocycles. The fraction of sp³-hybridized carbons (Fsp3) is 0.300. The van der Waals surface area contributed by atoms with Crippen LogP contribution in [0.4, 0.5) is 5.69 Å². The Hall–Kier alpha value is -2.33. The number of aryl methyl sites for hydroxylation is 2. The van der Waals surface area contributed by atoms with Crippen molar-refractivity contribution in [3.8, 4) is 5.75 Å². The molecule has 1 N–H and O–H groups in total. The van der Waals surface area contributed by atoms with E-state index in [1.54, 1.807) is 18.2 Å². The van der Waals surface area contributed by atoms with Gasteiger partial charge in [0.05, 0.1) is 5.56 Å². The molecule has 1 aliphatic rings. The van der Waals surface area contributed by atoms with E-state index in [2.05, 4.69) is 5.32 Å². The van der Waals surface area contributed by atoms with E-state index in [-0.39, 0.29) is 24.2 Å². The van der Waals surface area contributed by atoms with Gasteiger partial charge in [0, 0.05) is 17.1 Å². The molecule has 1 atom stereocenters. The zero-order chi connectivity index (χ0) is 18.1. The van der Waals surface area contributed by atoms with Crippen molar-refractivity contribution in [2.24, 2.45) is 0 Å². The van der Waals surface area contributed by atoms with E-state index in [1.807, 2.05) is 32.9 Å². The maximum Gasteiger partial charge on any atom is 0.262 e. The van der Waals surface area contributed by atoms with Crippen molar-refractivity contribution in [1.82, 2.24) is 0 Å². The molecule has 4 nitrogen and oxygen atoms in total. The SMILES string of the molecule is Cc1ccc(Cl)cc1NC(=O)COc1ccc(C)c2c1C(=O)C[C@H]2C. The zero-order valence-electron chi connectivity index (χ0n) is 14.5. The summed E-state index contributed by atoms with van der Waals surface area (Å²) >= 11 is 5.96. The highest BCUT2D eigenvalue weighted by molar-refractivity contribution is 6.31. The lowest BCUT2D eigenvalue weighted by Gasteiger charge is -2.14. The Morgan fingerprint density at radius 3 is 2.72 bits per heavy atom. The first-order valence-corrected chi connectivity index (χ1v) is 8.60. The number of nitrogens with one attached hydrogen (secondary N) is 1. The van der Waals surface area contributed by atoms with Gasteiger partial charge in [0.2, 0.25) is 0 Å². The third kappa shape index (κ3) is 3.54. The molecule has 0 spiro atoms. The third-order valence-electron chi connectivity index (χ3n) is 4.52. The highest BCUT2D eigenvalue weighted by atomic mass is 35.5. The lowest BCUT2D eigenvalue weighted by Crippen LogP contribution is -2.21. The summed E-state index contributed by atoms with van der Waals surface area (Å²) in [6.07, 6.45) is 0.491. The van der Waals surface area contributed by atoms with Crippen LogP contribution in [0, 0.1) is 13.8 Å².